The van der Waals surface area contributed by atoms with Gasteiger partial charge < -0.3 is 9.84 Å². The zero-order chi connectivity index (χ0) is 12.5. The first-order chi connectivity index (χ1) is 8.72. The largest absolute Gasteiger partial charge is 0.361 e. The maximum Gasteiger partial charge on any atom is 0.277 e. The molecule has 18 heavy (non-hydrogen) atoms. The molecule has 0 aliphatic rings. The third-order valence-electron chi connectivity index (χ3n) is 2.56. The van der Waals surface area contributed by atoms with Gasteiger partial charge in [0.05, 0.1) is 11.7 Å². The van der Waals surface area contributed by atoms with Crippen molar-refractivity contribution in [3.8, 4) is 0 Å². The number of fused-ring (bicyclic) bond motifs is 1. The molecule has 6 heteroatoms. The number of carbonyl (C=O) groups excluding carboxylic acids is 1. The van der Waals surface area contributed by atoms with E-state index in [0.717, 1.165) is 10.9 Å². The van der Waals surface area contributed by atoms with E-state index >= 15 is 0 Å². The summed E-state index contributed by atoms with van der Waals surface area (Å²) < 4.78 is 4.85. The van der Waals surface area contributed by atoms with Crippen molar-refractivity contribution in [1.82, 2.24) is 15.4 Å². The number of nitrogens with one attached hydrogen (secondary N) is 2. The minimum absolute atomic E-state index is 0.261. The topological polar surface area (TPSA) is 83.8 Å². The summed E-state index contributed by atoms with van der Waals surface area (Å²) in [5, 5.41) is 14.2. The quantitative estimate of drug-likeness (QED) is 0.720. The van der Waals surface area contributed by atoms with Crippen LogP contribution in [0.4, 0.5) is 5.69 Å². The summed E-state index contributed by atoms with van der Waals surface area (Å²) in [6.07, 6.45) is 1.72. The van der Waals surface area contributed by atoms with E-state index in [0.29, 0.717) is 11.4 Å². The molecule has 1 amide bonds. The number of aryl methyl sites for hydroxylation is 1. The number of benzene rings is 1. The number of H-pyrrole nitrogens is 1. The van der Waals surface area contributed by atoms with Gasteiger partial charge in [-0.3, -0.25) is 9.89 Å². The average Bonchev–Trinajstić information content (AvgIpc) is 2.96. The van der Waals surface area contributed by atoms with Gasteiger partial charge in [0.1, 0.15) is 5.76 Å². The van der Waals surface area contributed by atoms with Gasteiger partial charge in [0.25, 0.3) is 5.91 Å². The second-order valence-corrected chi connectivity index (χ2v) is 3.95. The predicted molar refractivity (Wildman–Crippen MR) is 65.3 cm³/mol. The molecular formula is C12H10N4O2. The fraction of sp³-hybridized carbons (Fsp3) is 0.0833. The molecule has 2 heterocycles. The molecule has 3 aromatic rings. The number of rotatable bonds is 2. The minimum atomic E-state index is -0.300. The first kappa shape index (κ1) is 10.5. The number of aromatic nitrogens is 3. The summed E-state index contributed by atoms with van der Waals surface area (Å²) in [4.78, 5) is 11.8. The molecular weight excluding hydrogens is 232 g/mol. The Labute approximate surface area is 102 Å². The lowest BCUT2D eigenvalue weighted by Crippen LogP contribution is -2.11. The Bertz CT molecular complexity index is 714. The van der Waals surface area contributed by atoms with Crippen LogP contribution < -0.4 is 5.32 Å². The molecule has 3 rings (SSSR count). The van der Waals surface area contributed by atoms with E-state index in [1.807, 2.05) is 18.2 Å². The molecule has 2 N–H and O–H groups in total. The van der Waals surface area contributed by atoms with Crippen molar-refractivity contribution >= 4 is 22.5 Å². The first-order valence-electron chi connectivity index (χ1n) is 5.40. The maximum atomic E-state index is 11.8. The van der Waals surface area contributed by atoms with Gasteiger partial charge in [0, 0.05) is 17.1 Å². The number of anilines is 1. The predicted octanol–water partition coefficient (Wildman–Crippen LogP) is 2.11. The van der Waals surface area contributed by atoms with Crippen LogP contribution in [0.1, 0.15) is 16.2 Å². The van der Waals surface area contributed by atoms with Crippen molar-refractivity contribution in [1.29, 1.82) is 0 Å². The van der Waals surface area contributed by atoms with Crippen molar-refractivity contribution in [2.24, 2.45) is 0 Å². The average molecular weight is 242 g/mol. The Kier molecular flexibility index (Phi) is 2.33. The third kappa shape index (κ3) is 1.84. The lowest BCUT2D eigenvalue weighted by atomic mass is 10.2. The van der Waals surface area contributed by atoms with Gasteiger partial charge in [-0.05, 0) is 25.1 Å². The summed E-state index contributed by atoms with van der Waals surface area (Å²) in [6.45, 7) is 1.74. The summed E-state index contributed by atoms with van der Waals surface area (Å²) in [7, 11) is 0. The molecule has 0 fully saturated rings. The van der Waals surface area contributed by atoms with E-state index in [-0.39, 0.29) is 11.6 Å². The zero-order valence-electron chi connectivity index (χ0n) is 9.60. The van der Waals surface area contributed by atoms with Crippen molar-refractivity contribution in [3.05, 3.63) is 41.9 Å². The van der Waals surface area contributed by atoms with Gasteiger partial charge in [0.15, 0.2) is 5.69 Å². The second kappa shape index (κ2) is 3.99. The number of aromatic amines is 1. The highest BCUT2D eigenvalue weighted by molar-refractivity contribution is 6.03. The Balaban J connectivity index is 1.85. The van der Waals surface area contributed by atoms with Crippen LogP contribution in [0.5, 0.6) is 0 Å². The summed E-state index contributed by atoms with van der Waals surface area (Å²) >= 11 is 0. The number of nitrogens with zero attached hydrogens (tertiary/aromatic N) is 2. The molecule has 0 saturated carbocycles. The molecule has 1 aromatic carbocycles. The fourth-order valence-corrected chi connectivity index (χ4v) is 1.68. The Morgan fingerprint density at radius 1 is 1.39 bits per heavy atom. The molecule has 2 aromatic heterocycles. The van der Waals surface area contributed by atoms with Gasteiger partial charge in [-0.15, -0.1) is 0 Å². The van der Waals surface area contributed by atoms with Crippen LogP contribution in [-0.2, 0) is 0 Å². The van der Waals surface area contributed by atoms with Crippen molar-refractivity contribution < 1.29 is 9.32 Å². The molecule has 90 valence electrons. The number of amides is 1. The van der Waals surface area contributed by atoms with Crippen LogP contribution >= 0.6 is 0 Å². The SMILES string of the molecule is Cc1cc(C(=O)Nc2ccc3cn[nH]c3c2)no1. The Morgan fingerprint density at radius 3 is 3.06 bits per heavy atom. The summed E-state index contributed by atoms with van der Waals surface area (Å²) in [6, 6.07) is 7.09. The number of hydrogen-bond donors (Lipinski definition) is 2. The highest BCUT2D eigenvalue weighted by Crippen LogP contribution is 2.17. The van der Waals surface area contributed by atoms with Crippen molar-refractivity contribution in [2.45, 2.75) is 6.92 Å². The van der Waals surface area contributed by atoms with Gasteiger partial charge >= 0.3 is 0 Å². The summed E-state index contributed by atoms with van der Waals surface area (Å²) in [5.74, 6) is 0.301. The molecule has 0 aliphatic heterocycles. The van der Waals surface area contributed by atoms with E-state index in [4.69, 9.17) is 4.52 Å². The summed E-state index contributed by atoms with van der Waals surface area (Å²) in [5.41, 5.74) is 1.80. The van der Waals surface area contributed by atoms with E-state index in [2.05, 4.69) is 20.7 Å². The lowest BCUT2D eigenvalue weighted by molar-refractivity contribution is 0.101. The molecule has 0 spiro atoms. The van der Waals surface area contributed by atoms with E-state index in [1.165, 1.54) is 0 Å². The van der Waals surface area contributed by atoms with Crippen LogP contribution in [0.2, 0.25) is 0 Å². The molecule has 6 nitrogen and oxygen atoms in total. The number of carbonyl (C=O) groups is 1. The van der Waals surface area contributed by atoms with Crippen LogP contribution in [0.15, 0.2) is 35.0 Å². The van der Waals surface area contributed by atoms with E-state index < -0.39 is 0 Å². The third-order valence-corrected chi connectivity index (χ3v) is 2.56. The monoisotopic (exact) mass is 242 g/mol. The zero-order valence-corrected chi connectivity index (χ0v) is 9.60. The standard InChI is InChI=1S/C12H10N4O2/c1-7-4-11(16-18-7)12(17)14-9-3-2-8-6-13-15-10(8)5-9/h2-6H,1H3,(H,13,15)(H,14,17). The van der Waals surface area contributed by atoms with Crippen LogP contribution in [-0.4, -0.2) is 21.3 Å². The molecule has 0 radical (unpaired) electrons. The van der Waals surface area contributed by atoms with Gasteiger partial charge in [0.2, 0.25) is 0 Å². The van der Waals surface area contributed by atoms with Gasteiger partial charge in [-0.25, -0.2) is 0 Å². The number of hydrogen-bond acceptors (Lipinski definition) is 4. The van der Waals surface area contributed by atoms with Gasteiger partial charge in [-0.2, -0.15) is 5.10 Å². The molecule has 0 unspecified atom stereocenters. The minimum Gasteiger partial charge on any atom is -0.361 e. The maximum absolute atomic E-state index is 11.8. The molecule has 0 atom stereocenters. The van der Waals surface area contributed by atoms with Crippen molar-refractivity contribution in [3.63, 3.8) is 0 Å². The second-order valence-electron chi connectivity index (χ2n) is 3.95. The van der Waals surface area contributed by atoms with Crippen LogP contribution in [0, 0.1) is 6.92 Å². The first-order valence-corrected chi connectivity index (χ1v) is 5.40. The normalized spacial score (nSPS) is 10.7. The smallest absolute Gasteiger partial charge is 0.277 e. The highest BCUT2D eigenvalue weighted by Gasteiger charge is 2.11. The Morgan fingerprint density at radius 2 is 2.28 bits per heavy atom. The van der Waals surface area contributed by atoms with Crippen LogP contribution in [0.3, 0.4) is 0 Å². The Hall–Kier alpha value is -2.63. The van der Waals surface area contributed by atoms with Crippen molar-refractivity contribution in [2.75, 3.05) is 5.32 Å². The van der Waals surface area contributed by atoms with Gasteiger partial charge in [-0.1, -0.05) is 5.16 Å². The highest BCUT2D eigenvalue weighted by atomic mass is 16.5. The lowest BCUT2D eigenvalue weighted by Gasteiger charge is -2.02. The fourth-order valence-electron chi connectivity index (χ4n) is 1.68. The molecule has 0 saturated heterocycles. The van der Waals surface area contributed by atoms with Crippen LogP contribution in [0.25, 0.3) is 10.9 Å². The van der Waals surface area contributed by atoms with E-state index in [9.17, 15) is 4.79 Å². The van der Waals surface area contributed by atoms with E-state index in [1.54, 1.807) is 19.2 Å². The molecule has 0 aliphatic carbocycles. The molecule has 0 bridgehead atoms.